The third kappa shape index (κ3) is 5.61. The largest absolute Gasteiger partial charge is 0.573 e. The van der Waals surface area contributed by atoms with Crippen molar-refractivity contribution in [3.8, 4) is 23.3 Å². The molecule has 1 N–H and O–H groups in total. The van der Waals surface area contributed by atoms with Crippen LogP contribution in [0.15, 0.2) is 58.1 Å². The van der Waals surface area contributed by atoms with Gasteiger partial charge in [-0.2, -0.15) is 4.98 Å². The van der Waals surface area contributed by atoms with Crippen LogP contribution in [0.1, 0.15) is 12.0 Å². The van der Waals surface area contributed by atoms with Crippen LogP contribution in [0.2, 0.25) is 0 Å². The highest BCUT2D eigenvalue weighted by atomic mass is 19.4. The number of hydrogen-bond donors (Lipinski definition) is 1. The maximum absolute atomic E-state index is 13.4. The fourth-order valence-corrected chi connectivity index (χ4v) is 3.76. The molecule has 0 saturated heterocycles. The van der Waals surface area contributed by atoms with E-state index in [9.17, 15) is 27.9 Å². The molecule has 0 radical (unpaired) electrons. The van der Waals surface area contributed by atoms with E-state index in [1.807, 2.05) is 0 Å². The molecular weight excluding hydrogens is 497 g/mol. The number of aryl methyl sites for hydroxylation is 1. The molecule has 0 fully saturated rings. The fraction of sp³-hybridized carbons (Fsp3) is 0.292. The first-order valence-corrected chi connectivity index (χ1v) is 11.1. The Bertz CT molecular complexity index is 1520. The smallest absolute Gasteiger partial charge is 0.497 e. The van der Waals surface area contributed by atoms with Crippen molar-refractivity contribution in [2.45, 2.75) is 25.9 Å². The summed E-state index contributed by atoms with van der Waals surface area (Å²) in [7, 11) is 2.96. The van der Waals surface area contributed by atoms with Gasteiger partial charge in [0.25, 0.3) is 5.56 Å². The average Bonchev–Trinajstić information content (AvgIpc) is 3.20. The number of ether oxygens (including phenoxy) is 3. The molecule has 4 rings (SSSR count). The third-order valence-corrected chi connectivity index (χ3v) is 5.49. The van der Waals surface area contributed by atoms with Gasteiger partial charge in [-0.15, -0.1) is 13.2 Å². The van der Waals surface area contributed by atoms with Crippen LogP contribution in [0.4, 0.5) is 13.2 Å². The molecule has 0 spiro atoms. The van der Waals surface area contributed by atoms with Crippen molar-refractivity contribution in [1.82, 2.24) is 18.7 Å². The van der Waals surface area contributed by atoms with Gasteiger partial charge in [0.1, 0.15) is 17.2 Å². The number of nitrogens with zero attached hydrogens (tertiary/aromatic N) is 4. The molecule has 4 aromatic rings. The monoisotopic (exact) mass is 520 g/mol. The summed E-state index contributed by atoms with van der Waals surface area (Å²) in [5.74, 6) is 0.0890. The van der Waals surface area contributed by atoms with E-state index in [0.717, 1.165) is 22.3 Å². The highest BCUT2D eigenvalue weighted by molar-refractivity contribution is 5.72. The fourth-order valence-electron chi connectivity index (χ4n) is 3.76. The number of aliphatic hydroxyl groups is 1. The Morgan fingerprint density at radius 3 is 2.35 bits per heavy atom. The molecule has 13 heteroatoms. The summed E-state index contributed by atoms with van der Waals surface area (Å²) in [5, 5.41) is 9.19. The lowest BCUT2D eigenvalue weighted by atomic mass is 10.2. The lowest BCUT2D eigenvalue weighted by Gasteiger charge is -2.13. The number of methoxy groups -OCH3 is 1. The Morgan fingerprint density at radius 2 is 1.70 bits per heavy atom. The van der Waals surface area contributed by atoms with Crippen molar-refractivity contribution in [3.05, 3.63) is 74.9 Å². The van der Waals surface area contributed by atoms with Crippen LogP contribution in [0.3, 0.4) is 0 Å². The molecule has 37 heavy (non-hydrogen) atoms. The molecule has 2 aromatic carbocycles. The maximum atomic E-state index is 13.4. The van der Waals surface area contributed by atoms with E-state index < -0.39 is 23.4 Å². The van der Waals surface area contributed by atoms with Gasteiger partial charge in [-0.25, -0.2) is 4.79 Å². The molecule has 0 bridgehead atoms. The van der Waals surface area contributed by atoms with Crippen molar-refractivity contribution in [1.29, 1.82) is 0 Å². The predicted molar refractivity (Wildman–Crippen MR) is 126 cm³/mol. The number of imidazole rings is 1. The van der Waals surface area contributed by atoms with Crippen LogP contribution in [-0.4, -0.2) is 43.9 Å². The topological polar surface area (TPSA) is 110 Å². The van der Waals surface area contributed by atoms with E-state index in [-0.39, 0.29) is 49.0 Å². The Morgan fingerprint density at radius 1 is 1.00 bits per heavy atom. The van der Waals surface area contributed by atoms with Crippen LogP contribution >= 0.6 is 0 Å². The van der Waals surface area contributed by atoms with Crippen molar-refractivity contribution in [3.63, 3.8) is 0 Å². The molecular formula is C24H23F3N4O6. The quantitative estimate of drug-likeness (QED) is 0.361. The van der Waals surface area contributed by atoms with Crippen molar-refractivity contribution >= 4 is 11.2 Å². The molecule has 0 aliphatic heterocycles. The molecule has 0 aliphatic rings. The van der Waals surface area contributed by atoms with E-state index in [0.29, 0.717) is 5.75 Å². The minimum atomic E-state index is -4.89. The average molecular weight is 520 g/mol. The Kier molecular flexibility index (Phi) is 7.25. The van der Waals surface area contributed by atoms with E-state index in [1.165, 1.54) is 35.4 Å². The highest BCUT2D eigenvalue weighted by Crippen LogP contribution is 2.30. The molecule has 196 valence electrons. The van der Waals surface area contributed by atoms with Gasteiger partial charge in [-0.05, 0) is 36.2 Å². The van der Waals surface area contributed by atoms with Gasteiger partial charge in [0.15, 0.2) is 11.2 Å². The van der Waals surface area contributed by atoms with Gasteiger partial charge >= 0.3 is 18.1 Å². The zero-order chi connectivity index (χ0) is 26.7. The van der Waals surface area contributed by atoms with Gasteiger partial charge in [-0.1, -0.05) is 18.2 Å². The lowest BCUT2D eigenvalue weighted by Crippen LogP contribution is -2.39. The van der Waals surface area contributed by atoms with Crippen molar-refractivity contribution in [2.24, 2.45) is 7.05 Å². The first kappa shape index (κ1) is 25.8. The molecule has 0 saturated carbocycles. The molecule has 10 nitrogen and oxygen atoms in total. The Hall–Kier alpha value is -4.26. The van der Waals surface area contributed by atoms with Crippen LogP contribution in [0, 0.1) is 0 Å². The lowest BCUT2D eigenvalue weighted by molar-refractivity contribution is -0.274. The maximum Gasteiger partial charge on any atom is 0.573 e. The summed E-state index contributed by atoms with van der Waals surface area (Å²) < 4.78 is 56.6. The van der Waals surface area contributed by atoms with Gasteiger partial charge in [0.2, 0.25) is 0 Å². The molecule has 0 unspecified atom stereocenters. The van der Waals surface area contributed by atoms with Gasteiger partial charge in [-0.3, -0.25) is 18.5 Å². The second kappa shape index (κ2) is 10.4. The zero-order valence-corrected chi connectivity index (χ0v) is 19.9. The third-order valence-electron chi connectivity index (χ3n) is 5.49. The molecule has 2 heterocycles. The number of rotatable bonds is 9. The number of hydrogen-bond acceptors (Lipinski definition) is 7. The van der Waals surface area contributed by atoms with Crippen LogP contribution in [-0.2, 0) is 20.1 Å². The number of alkyl halides is 3. The summed E-state index contributed by atoms with van der Waals surface area (Å²) in [6.07, 6.45) is -4.71. The number of aliphatic hydroxyl groups excluding tert-OH is 1. The molecule has 0 atom stereocenters. The minimum Gasteiger partial charge on any atom is -0.497 e. The summed E-state index contributed by atoms with van der Waals surface area (Å²) in [5.41, 5.74) is -0.465. The van der Waals surface area contributed by atoms with Crippen molar-refractivity contribution in [2.75, 3.05) is 13.7 Å². The second-order valence-electron chi connectivity index (χ2n) is 8.00. The molecule has 2 aromatic heterocycles. The van der Waals surface area contributed by atoms with E-state index in [1.54, 1.807) is 24.3 Å². The minimum absolute atomic E-state index is 0.0152. The molecule has 0 aliphatic carbocycles. The Balaban J connectivity index is 1.86. The van der Waals surface area contributed by atoms with Crippen LogP contribution in [0.5, 0.6) is 23.3 Å². The summed E-state index contributed by atoms with van der Waals surface area (Å²) >= 11 is 0. The van der Waals surface area contributed by atoms with Gasteiger partial charge in [0.05, 0.1) is 13.7 Å². The number of fused-ring (bicyclic) bond motifs is 1. The predicted octanol–water partition coefficient (Wildman–Crippen LogP) is 3.03. The van der Waals surface area contributed by atoms with Crippen molar-refractivity contribution < 1.29 is 32.5 Å². The standard InChI is InChI=1S/C24H23F3N4O6/c1-29-20-19(21(33)30(23(29)34)11-4-12-32)31(14-15-7-9-16(35-2)10-8-15)22(28-20)36-17-5-3-6-18(13-17)37-24(25,26)27/h3,5-10,13,32H,4,11-12,14H2,1-2H3. The number of aromatic nitrogens is 4. The molecule has 0 amide bonds. The zero-order valence-electron chi connectivity index (χ0n) is 19.9. The Labute approximate surface area is 207 Å². The second-order valence-corrected chi connectivity index (χ2v) is 8.00. The van der Waals surface area contributed by atoms with Gasteiger partial charge in [0, 0.05) is 26.3 Å². The van der Waals surface area contributed by atoms with E-state index >= 15 is 0 Å². The first-order valence-electron chi connectivity index (χ1n) is 11.1. The summed E-state index contributed by atoms with van der Waals surface area (Å²) in [6, 6.07) is 11.7. The summed E-state index contributed by atoms with van der Waals surface area (Å²) in [4.78, 5) is 30.5. The normalized spacial score (nSPS) is 11.6. The van der Waals surface area contributed by atoms with Crippen LogP contribution < -0.4 is 25.5 Å². The van der Waals surface area contributed by atoms with E-state index in [2.05, 4.69) is 9.72 Å². The van der Waals surface area contributed by atoms with E-state index in [4.69, 9.17) is 9.47 Å². The number of halogens is 3. The first-order chi connectivity index (χ1) is 17.6. The van der Waals surface area contributed by atoms with Crippen LogP contribution in [0.25, 0.3) is 11.2 Å². The SMILES string of the molecule is COc1ccc(Cn2c(Oc3cccc(OC(F)(F)F)c3)nc3c2c(=O)n(CCCO)c(=O)n3C)cc1. The highest BCUT2D eigenvalue weighted by Gasteiger charge is 2.31. The summed E-state index contributed by atoms with van der Waals surface area (Å²) in [6.45, 7) is -0.149. The number of benzene rings is 2. The van der Waals surface area contributed by atoms with Gasteiger partial charge < -0.3 is 19.3 Å².